The molecular formula is C15H27N5O9S2. The van der Waals surface area contributed by atoms with Crippen molar-refractivity contribution in [1.29, 1.82) is 0 Å². The summed E-state index contributed by atoms with van der Waals surface area (Å²) >= 11 is 7.59. The Morgan fingerprint density at radius 1 is 0.645 bits per heavy atom. The second-order valence-corrected chi connectivity index (χ2v) is 6.83. The minimum atomic E-state index is -1.63. The van der Waals surface area contributed by atoms with Crippen molar-refractivity contribution in [2.45, 2.75) is 30.2 Å². The van der Waals surface area contributed by atoms with Crippen LogP contribution in [-0.2, 0) is 24.0 Å². The summed E-state index contributed by atoms with van der Waals surface area (Å²) in [5, 5.41) is 45.2. The van der Waals surface area contributed by atoms with Crippen LogP contribution in [0.15, 0.2) is 0 Å². The van der Waals surface area contributed by atoms with E-state index >= 15 is 0 Å². The smallest absolute Gasteiger partial charge is 0.327 e. The first-order chi connectivity index (χ1) is 14.6. The Hall–Kier alpha value is -2.11. The summed E-state index contributed by atoms with van der Waals surface area (Å²) in [6, 6.07) is -7.16. The fourth-order valence-corrected chi connectivity index (χ4v) is 2.36. The van der Waals surface area contributed by atoms with Crippen LogP contribution in [0.1, 0.15) is 0 Å². The van der Waals surface area contributed by atoms with E-state index in [1.807, 2.05) is 10.6 Å². The molecule has 0 aliphatic rings. The predicted octanol–water partition coefficient (Wildman–Crippen LogP) is -5.83. The zero-order chi connectivity index (χ0) is 24.1. The maximum Gasteiger partial charge on any atom is 0.327 e. The second kappa shape index (κ2) is 14.8. The Morgan fingerprint density at radius 2 is 0.968 bits per heavy atom. The highest BCUT2D eigenvalue weighted by molar-refractivity contribution is 7.80. The van der Waals surface area contributed by atoms with Gasteiger partial charge in [0.05, 0.1) is 25.9 Å². The van der Waals surface area contributed by atoms with E-state index < -0.39 is 79.6 Å². The first-order valence-electron chi connectivity index (χ1n) is 8.80. The molecule has 0 fully saturated rings. The minimum absolute atomic E-state index is 0.0339. The number of thiol groups is 2. The van der Waals surface area contributed by atoms with Crippen LogP contribution in [0.2, 0.25) is 0 Å². The van der Waals surface area contributed by atoms with E-state index in [0.717, 1.165) is 0 Å². The maximum atomic E-state index is 12.3. The van der Waals surface area contributed by atoms with E-state index in [1.54, 1.807) is 0 Å². The van der Waals surface area contributed by atoms with Crippen LogP contribution >= 0.6 is 25.3 Å². The fraction of sp³-hybridized carbons (Fsp3) is 0.667. The molecular weight excluding hydrogens is 458 g/mol. The van der Waals surface area contributed by atoms with Gasteiger partial charge in [-0.25, -0.2) is 4.79 Å². The molecule has 14 nitrogen and oxygen atoms in total. The van der Waals surface area contributed by atoms with Gasteiger partial charge in [0.2, 0.25) is 23.6 Å². The summed E-state index contributed by atoms with van der Waals surface area (Å²) in [6.07, 6.45) is 0. The van der Waals surface area contributed by atoms with Gasteiger partial charge in [0.1, 0.15) is 24.2 Å². The zero-order valence-electron chi connectivity index (χ0n) is 16.2. The van der Waals surface area contributed by atoms with E-state index in [-0.39, 0.29) is 11.5 Å². The van der Waals surface area contributed by atoms with Crippen LogP contribution in [0, 0.1) is 0 Å². The van der Waals surface area contributed by atoms with Crippen LogP contribution in [0.25, 0.3) is 0 Å². The number of aliphatic hydroxyl groups excluding tert-OH is 3. The first kappa shape index (κ1) is 28.9. The third kappa shape index (κ3) is 9.70. The number of rotatable bonds is 14. The zero-order valence-corrected chi connectivity index (χ0v) is 18.0. The van der Waals surface area contributed by atoms with Crippen LogP contribution in [0.4, 0.5) is 0 Å². The molecule has 31 heavy (non-hydrogen) atoms. The van der Waals surface area contributed by atoms with E-state index in [0.29, 0.717) is 0 Å². The largest absolute Gasteiger partial charge is 0.480 e. The van der Waals surface area contributed by atoms with Crippen molar-refractivity contribution in [2.24, 2.45) is 5.73 Å². The number of aliphatic hydroxyl groups is 3. The van der Waals surface area contributed by atoms with Gasteiger partial charge in [0.15, 0.2) is 0 Å². The lowest BCUT2D eigenvalue weighted by atomic mass is 10.2. The van der Waals surface area contributed by atoms with Gasteiger partial charge in [0.25, 0.3) is 0 Å². The number of amides is 4. The Labute approximate surface area is 188 Å². The van der Waals surface area contributed by atoms with E-state index in [9.17, 15) is 39.3 Å². The number of carboxylic acids is 1. The standard InChI is InChI=1S/C15H27N5O9S2/c16-6(4-30)11(24)17-7(1-21)12(25)18-8(2-22)13(26)19-9(3-23)14(27)20-10(5-31)15(28)29/h6-10,21-23,30-31H,1-5,16H2,(H,17,24)(H,18,25)(H,19,26)(H,20,27)(H,28,29)/t6-,7-,8-,9-,10-/m0/s1. The third-order valence-electron chi connectivity index (χ3n) is 3.78. The highest BCUT2D eigenvalue weighted by Crippen LogP contribution is 1.95. The summed E-state index contributed by atoms with van der Waals surface area (Å²) in [6.45, 7) is -2.70. The molecule has 0 unspecified atom stereocenters. The van der Waals surface area contributed by atoms with Crippen LogP contribution in [0.3, 0.4) is 0 Å². The predicted molar refractivity (Wildman–Crippen MR) is 112 cm³/mol. The number of hydrogen-bond donors (Lipinski definition) is 11. The van der Waals surface area contributed by atoms with Crippen molar-refractivity contribution in [3.63, 3.8) is 0 Å². The molecule has 0 rings (SSSR count). The second-order valence-electron chi connectivity index (χ2n) is 6.10. The highest BCUT2D eigenvalue weighted by Gasteiger charge is 2.30. The van der Waals surface area contributed by atoms with Gasteiger partial charge >= 0.3 is 5.97 Å². The number of aliphatic carboxylic acids is 1. The van der Waals surface area contributed by atoms with Crippen molar-refractivity contribution in [2.75, 3.05) is 31.3 Å². The lowest BCUT2D eigenvalue weighted by molar-refractivity contribution is -0.142. The van der Waals surface area contributed by atoms with E-state index in [1.165, 1.54) is 0 Å². The lowest BCUT2D eigenvalue weighted by Crippen LogP contribution is -2.60. The highest BCUT2D eigenvalue weighted by atomic mass is 32.1. The quantitative estimate of drug-likeness (QED) is 0.104. The molecule has 0 aromatic rings. The lowest BCUT2D eigenvalue weighted by Gasteiger charge is -2.24. The van der Waals surface area contributed by atoms with Gasteiger partial charge in [-0.05, 0) is 0 Å². The summed E-state index contributed by atoms with van der Waals surface area (Å²) in [5.74, 6) is -5.64. The van der Waals surface area contributed by atoms with Crippen LogP contribution in [0.5, 0.6) is 0 Å². The van der Waals surface area contributed by atoms with Crippen molar-refractivity contribution in [3.05, 3.63) is 0 Å². The van der Waals surface area contributed by atoms with Gasteiger partial charge in [-0.1, -0.05) is 0 Å². The molecule has 0 heterocycles. The molecule has 0 aromatic carbocycles. The van der Waals surface area contributed by atoms with Crippen molar-refractivity contribution < 1.29 is 44.4 Å². The minimum Gasteiger partial charge on any atom is -0.480 e. The van der Waals surface area contributed by atoms with Crippen LogP contribution < -0.4 is 27.0 Å². The average molecular weight is 486 g/mol. The number of carbonyl (C=O) groups is 5. The Bertz CT molecular complexity index is 654. The Morgan fingerprint density at radius 3 is 1.23 bits per heavy atom. The number of nitrogens with one attached hydrogen (secondary N) is 4. The molecule has 0 bridgehead atoms. The van der Waals surface area contributed by atoms with Crippen LogP contribution in [-0.4, -0.2) is 112 Å². The molecule has 0 spiro atoms. The van der Waals surface area contributed by atoms with E-state index in [2.05, 4.69) is 35.9 Å². The van der Waals surface area contributed by atoms with Gasteiger partial charge in [-0.2, -0.15) is 25.3 Å². The van der Waals surface area contributed by atoms with Crippen molar-refractivity contribution in [3.8, 4) is 0 Å². The van der Waals surface area contributed by atoms with Gasteiger partial charge in [-0.3, -0.25) is 19.2 Å². The van der Waals surface area contributed by atoms with Crippen molar-refractivity contribution >= 4 is 54.9 Å². The fourth-order valence-electron chi connectivity index (χ4n) is 1.95. The summed E-state index contributed by atoms with van der Waals surface area (Å²) in [5.41, 5.74) is 5.45. The monoisotopic (exact) mass is 485 g/mol. The Balaban J connectivity index is 5.07. The number of carboxylic acid groups (broad SMARTS) is 1. The number of carbonyl (C=O) groups excluding carboxylic acids is 4. The van der Waals surface area contributed by atoms with Gasteiger partial charge in [0, 0.05) is 11.5 Å². The third-order valence-corrected chi connectivity index (χ3v) is 4.54. The SMILES string of the molecule is N[C@@H](CS)C(=O)N[C@@H](CO)C(=O)N[C@@H](CO)C(=O)N[C@@H](CO)C(=O)N[C@@H](CS)C(=O)O. The maximum absolute atomic E-state index is 12.3. The summed E-state index contributed by atoms with van der Waals surface area (Å²) in [4.78, 5) is 59.2. The molecule has 10 N–H and O–H groups in total. The average Bonchev–Trinajstić information content (AvgIpc) is 2.75. The van der Waals surface area contributed by atoms with Gasteiger partial charge in [-0.15, -0.1) is 0 Å². The molecule has 0 radical (unpaired) electrons. The molecule has 0 aromatic heterocycles. The van der Waals surface area contributed by atoms with E-state index in [4.69, 9.17) is 10.8 Å². The van der Waals surface area contributed by atoms with Gasteiger partial charge < -0.3 is 47.4 Å². The molecule has 178 valence electrons. The topological polar surface area (TPSA) is 240 Å². The molecule has 16 heteroatoms. The molecule has 0 aliphatic carbocycles. The molecule has 0 saturated heterocycles. The Kier molecular flexibility index (Phi) is 13.8. The number of hydrogen-bond acceptors (Lipinski definition) is 11. The normalized spacial score (nSPS) is 15.5. The molecule has 5 atom stereocenters. The molecule has 4 amide bonds. The summed E-state index contributed by atoms with van der Waals surface area (Å²) < 4.78 is 0. The summed E-state index contributed by atoms with van der Waals surface area (Å²) in [7, 11) is 0. The number of nitrogens with two attached hydrogens (primary N) is 1. The molecule has 0 saturated carbocycles. The first-order valence-corrected chi connectivity index (χ1v) is 10.1. The molecule has 0 aliphatic heterocycles. The van der Waals surface area contributed by atoms with Crippen molar-refractivity contribution in [1.82, 2.24) is 21.3 Å².